The number of ether oxygens (including phenoxy) is 2. The molecule has 0 radical (unpaired) electrons. The van der Waals surface area contributed by atoms with E-state index in [0.29, 0.717) is 31.9 Å². The van der Waals surface area contributed by atoms with Crippen molar-refractivity contribution in [3.8, 4) is 0 Å². The Morgan fingerprint density at radius 1 is 1.29 bits per heavy atom. The molecule has 8 nitrogen and oxygen atoms in total. The number of nitrogens with one attached hydrogen (secondary N) is 1. The van der Waals surface area contributed by atoms with E-state index in [1.165, 1.54) is 0 Å². The third kappa shape index (κ3) is 5.95. The Labute approximate surface area is 167 Å². The van der Waals surface area contributed by atoms with Crippen molar-refractivity contribution in [2.75, 3.05) is 32.1 Å². The first-order valence-corrected chi connectivity index (χ1v) is 9.83. The minimum Gasteiger partial charge on any atom is -0.444 e. The van der Waals surface area contributed by atoms with Crippen molar-refractivity contribution in [1.29, 1.82) is 0 Å². The summed E-state index contributed by atoms with van der Waals surface area (Å²) in [5.74, 6) is -0.0212. The predicted octanol–water partition coefficient (Wildman–Crippen LogP) is 3.14. The molecule has 2 amide bonds. The van der Waals surface area contributed by atoms with Crippen molar-refractivity contribution < 1.29 is 19.1 Å². The molecule has 1 aliphatic rings. The van der Waals surface area contributed by atoms with Crippen LogP contribution in [0, 0.1) is 11.3 Å². The van der Waals surface area contributed by atoms with E-state index < -0.39 is 11.0 Å². The van der Waals surface area contributed by atoms with Gasteiger partial charge in [0.15, 0.2) is 0 Å². The fraction of sp³-hybridized carbons (Fsp3) is 0.750. The molecule has 1 aromatic rings. The van der Waals surface area contributed by atoms with E-state index in [9.17, 15) is 9.59 Å². The van der Waals surface area contributed by atoms with Crippen molar-refractivity contribution in [1.82, 2.24) is 14.7 Å². The van der Waals surface area contributed by atoms with Gasteiger partial charge in [0.1, 0.15) is 5.60 Å². The van der Waals surface area contributed by atoms with Crippen LogP contribution >= 0.6 is 0 Å². The van der Waals surface area contributed by atoms with Crippen LogP contribution in [0.4, 0.5) is 10.5 Å². The highest BCUT2D eigenvalue weighted by Gasteiger charge is 2.40. The molecule has 2 heterocycles. The summed E-state index contributed by atoms with van der Waals surface area (Å²) in [6.45, 7) is 11.8. The normalized spacial score (nSPS) is 18.1. The number of hydrogen-bond acceptors (Lipinski definition) is 5. The minimum atomic E-state index is -0.630. The van der Waals surface area contributed by atoms with Crippen LogP contribution in [-0.2, 0) is 20.8 Å². The van der Waals surface area contributed by atoms with Gasteiger partial charge in [-0.15, -0.1) is 0 Å². The molecule has 8 heteroatoms. The SMILES string of the molecule is COCCn1cc(NC(=O)C(C)(C)[C@H]2CCCN(C(=O)OC(C)(C)C)C2)cn1. The molecular weight excluding hydrogens is 360 g/mol. The molecule has 0 aliphatic carbocycles. The monoisotopic (exact) mass is 394 g/mol. The van der Waals surface area contributed by atoms with Gasteiger partial charge in [-0.2, -0.15) is 5.10 Å². The van der Waals surface area contributed by atoms with Crippen molar-refractivity contribution in [3.63, 3.8) is 0 Å². The molecule has 1 atom stereocenters. The molecule has 1 aromatic heterocycles. The first kappa shape index (κ1) is 22.2. The van der Waals surface area contributed by atoms with E-state index in [1.807, 2.05) is 34.6 Å². The smallest absolute Gasteiger partial charge is 0.410 e. The molecule has 28 heavy (non-hydrogen) atoms. The van der Waals surface area contributed by atoms with Gasteiger partial charge in [-0.3, -0.25) is 9.48 Å². The van der Waals surface area contributed by atoms with Gasteiger partial charge in [-0.25, -0.2) is 4.79 Å². The maximum Gasteiger partial charge on any atom is 0.410 e. The van der Waals surface area contributed by atoms with Gasteiger partial charge in [-0.1, -0.05) is 13.8 Å². The van der Waals surface area contributed by atoms with Crippen LogP contribution in [0.1, 0.15) is 47.5 Å². The summed E-state index contributed by atoms with van der Waals surface area (Å²) in [6, 6.07) is 0. The predicted molar refractivity (Wildman–Crippen MR) is 107 cm³/mol. The van der Waals surface area contributed by atoms with E-state index >= 15 is 0 Å². The van der Waals surface area contributed by atoms with Crippen molar-refractivity contribution >= 4 is 17.7 Å². The van der Waals surface area contributed by atoms with Crippen LogP contribution in [0.15, 0.2) is 12.4 Å². The summed E-state index contributed by atoms with van der Waals surface area (Å²) in [5, 5.41) is 7.18. The van der Waals surface area contributed by atoms with Gasteiger partial charge in [-0.05, 0) is 39.5 Å². The van der Waals surface area contributed by atoms with Crippen LogP contribution in [0.25, 0.3) is 0 Å². The third-order valence-electron chi connectivity index (χ3n) is 5.09. The topological polar surface area (TPSA) is 85.7 Å². The summed E-state index contributed by atoms with van der Waals surface area (Å²) in [4.78, 5) is 27.1. The van der Waals surface area contributed by atoms with Gasteiger partial charge in [0, 0.05) is 31.8 Å². The largest absolute Gasteiger partial charge is 0.444 e. The lowest BCUT2D eigenvalue weighted by Gasteiger charge is -2.40. The Morgan fingerprint density at radius 3 is 2.64 bits per heavy atom. The van der Waals surface area contributed by atoms with Crippen LogP contribution in [0.3, 0.4) is 0 Å². The standard InChI is InChI=1S/C20H34N4O4/c1-19(2,3)28-18(26)23-9-7-8-15(13-23)20(4,5)17(25)22-16-12-21-24(14-16)10-11-27-6/h12,14-15H,7-11,13H2,1-6H3,(H,22,25)/t15-/m0/s1. The highest BCUT2D eigenvalue weighted by atomic mass is 16.6. The second-order valence-corrected chi connectivity index (χ2v) is 8.93. The molecule has 0 spiro atoms. The zero-order valence-corrected chi connectivity index (χ0v) is 17.9. The van der Waals surface area contributed by atoms with E-state index in [-0.39, 0.29) is 17.9 Å². The molecule has 0 bridgehead atoms. The Balaban J connectivity index is 1.98. The Bertz CT molecular complexity index is 678. The third-order valence-corrected chi connectivity index (χ3v) is 5.09. The quantitative estimate of drug-likeness (QED) is 0.801. The van der Waals surface area contributed by atoms with Gasteiger partial charge in [0.05, 0.1) is 25.0 Å². The van der Waals surface area contributed by atoms with Gasteiger partial charge < -0.3 is 19.7 Å². The van der Waals surface area contributed by atoms with Crippen molar-refractivity contribution in [2.45, 2.75) is 59.6 Å². The summed E-state index contributed by atoms with van der Waals surface area (Å²) < 4.78 is 12.3. The van der Waals surface area contributed by atoms with Gasteiger partial charge >= 0.3 is 6.09 Å². The van der Waals surface area contributed by atoms with Crippen molar-refractivity contribution in [2.24, 2.45) is 11.3 Å². The molecule has 1 fully saturated rings. The maximum absolute atomic E-state index is 13.0. The zero-order chi connectivity index (χ0) is 20.9. The van der Waals surface area contributed by atoms with Crippen LogP contribution in [0.2, 0.25) is 0 Å². The summed E-state index contributed by atoms with van der Waals surface area (Å²) in [6.07, 6.45) is 4.87. The fourth-order valence-electron chi connectivity index (χ4n) is 3.27. The number of piperidine rings is 1. The number of methoxy groups -OCH3 is 1. The molecule has 0 saturated carbocycles. The van der Waals surface area contributed by atoms with Gasteiger partial charge in [0.2, 0.25) is 5.91 Å². The maximum atomic E-state index is 13.0. The second-order valence-electron chi connectivity index (χ2n) is 8.93. The molecule has 0 aromatic carbocycles. The number of rotatable bonds is 6. The van der Waals surface area contributed by atoms with E-state index in [1.54, 1.807) is 29.1 Å². The van der Waals surface area contributed by atoms with E-state index in [2.05, 4.69) is 10.4 Å². The lowest BCUT2D eigenvalue weighted by molar-refractivity contribution is -0.127. The Hall–Kier alpha value is -2.09. The highest BCUT2D eigenvalue weighted by Crippen LogP contribution is 2.35. The minimum absolute atomic E-state index is 0.0531. The number of likely N-dealkylation sites (tertiary alicyclic amines) is 1. The summed E-state index contributed by atoms with van der Waals surface area (Å²) >= 11 is 0. The van der Waals surface area contributed by atoms with Crippen LogP contribution in [0.5, 0.6) is 0 Å². The zero-order valence-electron chi connectivity index (χ0n) is 17.9. The Kier molecular flexibility index (Phi) is 7.09. The van der Waals surface area contributed by atoms with Crippen LogP contribution < -0.4 is 5.32 Å². The molecule has 1 saturated heterocycles. The number of aromatic nitrogens is 2. The summed E-state index contributed by atoms with van der Waals surface area (Å²) in [5.41, 5.74) is -0.496. The van der Waals surface area contributed by atoms with E-state index in [0.717, 1.165) is 12.8 Å². The molecule has 2 rings (SSSR count). The number of carbonyl (C=O) groups is 2. The first-order chi connectivity index (χ1) is 13.0. The molecular formula is C20H34N4O4. The number of amides is 2. The number of carbonyl (C=O) groups excluding carboxylic acids is 2. The van der Waals surface area contributed by atoms with Crippen LogP contribution in [-0.4, -0.2) is 59.1 Å². The number of anilines is 1. The number of hydrogen-bond donors (Lipinski definition) is 1. The molecule has 0 unspecified atom stereocenters. The van der Waals surface area contributed by atoms with E-state index in [4.69, 9.17) is 9.47 Å². The molecule has 1 N–H and O–H groups in total. The lowest BCUT2D eigenvalue weighted by atomic mass is 9.74. The summed E-state index contributed by atoms with van der Waals surface area (Å²) in [7, 11) is 1.64. The van der Waals surface area contributed by atoms with Crippen molar-refractivity contribution in [3.05, 3.63) is 12.4 Å². The fourth-order valence-corrected chi connectivity index (χ4v) is 3.27. The second kappa shape index (κ2) is 8.94. The average Bonchev–Trinajstić information content (AvgIpc) is 3.06. The first-order valence-electron chi connectivity index (χ1n) is 9.83. The lowest BCUT2D eigenvalue weighted by Crippen LogP contribution is -2.49. The molecule has 1 aliphatic heterocycles. The average molecular weight is 395 g/mol. The molecule has 158 valence electrons. The number of nitrogens with zero attached hydrogens (tertiary/aromatic N) is 3. The Morgan fingerprint density at radius 2 is 2.00 bits per heavy atom. The van der Waals surface area contributed by atoms with Gasteiger partial charge in [0.25, 0.3) is 0 Å². The highest BCUT2D eigenvalue weighted by molar-refractivity contribution is 5.94.